The Morgan fingerprint density at radius 1 is 1.58 bits per heavy atom. The van der Waals surface area contributed by atoms with Crippen molar-refractivity contribution in [1.82, 2.24) is 0 Å². The van der Waals surface area contributed by atoms with Gasteiger partial charge in [0.15, 0.2) is 0 Å². The summed E-state index contributed by atoms with van der Waals surface area (Å²) in [5.74, 6) is 0.774. The van der Waals surface area contributed by atoms with Crippen LogP contribution in [-0.2, 0) is 6.42 Å². The van der Waals surface area contributed by atoms with Crippen molar-refractivity contribution in [3.05, 3.63) is 20.8 Å². The lowest BCUT2D eigenvalue weighted by Gasteiger charge is -2.09. The maximum atomic E-state index is 3.56. The predicted octanol–water partition coefficient (Wildman–Crippen LogP) is 4.47. The first-order valence-electron chi connectivity index (χ1n) is 4.05. The molecule has 0 aromatic carbocycles. The maximum Gasteiger partial charge on any atom is 0.0730 e. The van der Waals surface area contributed by atoms with Gasteiger partial charge in [0.1, 0.15) is 0 Å². The van der Waals surface area contributed by atoms with Gasteiger partial charge >= 0.3 is 0 Å². The molecule has 1 heterocycles. The van der Waals surface area contributed by atoms with Crippen molar-refractivity contribution < 1.29 is 0 Å². The molecule has 0 saturated heterocycles. The van der Waals surface area contributed by atoms with E-state index in [1.165, 1.54) is 22.2 Å². The van der Waals surface area contributed by atoms with Gasteiger partial charge in [-0.1, -0.05) is 29.3 Å². The van der Waals surface area contributed by atoms with E-state index in [1.54, 1.807) is 11.3 Å². The molecule has 3 heteroatoms. The molecule has 0 aliphatic heterocycles. The normalized spacial score (nSPS) is 13.2. The second-order valence-corrected chi connectivity index (χ2v) is 5.73. The fraction of sp³-hybridized carbons (Fsp3) is 0.556. The monoisotopic (exact) mass is 310 g/mol. The highest BCUT2D eigenvalue weighted by atomic mass is 79.9. The second-order valence-electron chi connectivity index (χ2n) is 2.85. The van der Waals surface area contributed by atoms with Gasteiger partial charge in [0.05, 0.1) is 3.79 Å². The maximum absolute atomic E-state index is 3.56. The number of hydrogen-bond donors (Lipinski definition) is 0. The minimum Gasteiger partial charge on any atom is -0.137 e. The van der Waals surface area contributed by atoms with Crippen LogP contribution in [0.5, 0.6) is 0 Å². The van der Waals surface area contributed by atoms with Crippen LogP contribution in [0.1, 0.15) is 18.9 Å². The molecule has 1 aromatic heterocycles. The Kier molecular flexibility index (Phi) is 4.84. The molecule has 0 amide bonds. The molecule has 0 fully saturated rings. The minimum atomic E-state index is 0.774. The van der Waals surface area contributed by atoms with Gasteiger partial charge in [-0.05, 0) is 45.3 Å². The zero-order valence-electron chi connectivity index (χ0n) is 7.02. The third-order valence-corrected chi connectivity index (χ3v) is 4.72. The Labute approximate surface area is 94.6 Å². The molecule has 0 saturated carbocycles. The number of alkyl halides is 1. The number of hydrogen-bond acceptors (Lipinski definition) is 1. The van der Waals surface area contributed by atoms with E-state index in [1.807, 2.05) is 0 Å². The van der Waals surface area contributed by atoms with Crippen molar-refractivity contribution in [1.29, 1.82) is 0 Å². The Morgan fingerprint density at radius 3 is 2.75 bits per heavy atom. The molecule has 1 rings (SSSR count). The summed E-state index contributed by atoms with van der Waals surface area (Å²) in [6.07, 6.45) is 2.43. The summed E-state index contributed by atoms with van der Waals surface area (Å²) >= 11 is 8.86. The van der Waals surface area contributed by atoms with E-state index in [9.17, 15) is 0 Å². The van der Waals surface area contributed by atoms with Crippen molar-refractivity contribution in [3.8, 4) is 0 Å². The molecule has 12 heavy (non-hydrogen) atoms. The van der Waals surface area contributed by atoms with Gasteiger partial charge in [-0.25, -0.2) is 0 Å². The Hall–Kier alpha value is 0.660. The van der Waals surface area contributed by atoms with Crippen molar-refractivity contribution in [2.75, 3.05) is 5.33 Å². The summed E-state index contributed by atoms with van der Waals surface area (Å²) in [7, 11) is 0. The molecule has 0 bridgehead atoms. The van der Waals surface area contributed by atoms with Gasteiger partial charge < -0.3 is 0 Å². The van der Waals surface area contributed by atoms with E-state index in [2.05, 4.69) is 50.2 Å². The first-order valence-corrected chi connectivity index (χ1v) is 6.85. The van der Waals surface area contributed by atoms with Gasteiger partial charge in [-0.2, -0.15) is 0 Å². The Balaban J connectivity index is 2.56. The van der Waals surface area contributed by atoms with Crippen LogP contribution in [0.2, 0.25) is 0 Å². The Morgan fingerprint density at radius 2 is 2.33 bits per heavy atom. The Bertz CT molecular complexity index is 228. The van der Waals surface area contributed by atoms with Crippen molar-refractivity contribution in [3.63, 3.8) is 0 Å². The SMILES string of the molecule is CCC(CBr)Cc1ccsc1Br. The highest BCUT2D eigenvalue weighted by Crippen LogP contribution is 2.26. The molecule has 0 radical (unpaired) electrons. The van der Waals surface area contributed by atoms with E-state index in [0.717, 1.165) is 11.2 Å². The molecule has 1 unspecified atom stereocenters. The van der Waals surface area contributed by atoms with E-state index in [0.29, 0.717) is 0 Å². The zero-order valence-corrected chi connectivity index (χ0v) is 11.0. The van der Waals surface area contributed by atoms with E-state index in [-0.39, 0.29) is 0 Å². The fourth-order valence-electron chi connectivity index (χ4n) is 1.08. The van der Waals surface area contributed by atoms with Gasteiger partial charge in [-0.15, -0.1) is 11.3 Å². The molecule has 1 aromatic rings. The molecule has 0 N–H and O–H groups in total. The first-order chi connectivity index (χ1) is 5.77. The summed E-state index contributed by atoms with van der Waals surface area (Å²) in [5, 5.41) is 3.24. The number of thiophene rings is 1. The highest BCUT2D eigenvalue weighted by molar-refractivity contribution is 9.11. The zero-order chi connectivity index (χ0) is 8.97. The molecule has 0 aliphatic carbocycles. The predicted molar refractivity (Wildman–Crippen MR) is 63.3 cm³/mol. The standard InChI is InChI=1S/C9H12Br2S/c1-2-7(6-10)5-8-3-4-12-9(8)11/h3-4,7H,2,5-6H2,1H3. The smallest absolute Gasteiger partial charge is 0.0730 e. The van der Waals surface area contributed by atoms with Crippen LogP contribution in [-0.4, -0.2) is 5.33 Å². The third-order valence-electron chi connectivity index (χ3n) is 2.00. The van der Waals surface area contributed by atoms with Crippen LogP contribution in [0.3, 0.4) is 0 Å². The average molecular weight is 312 g/mol. The lowest BCUT2D eigenvalue weighted by atomic mass is 10.0. The van der Waals surface area contributed by atoms with Crippen molar-refractivity contribution >= 4 is 43.2 Å². The summed E-state index contributed by atoms with van der Waals surface area (Å²) < 4.78 is 1.29. The van der Waals surface area contributed by atoms with Gasteiger partial charge in [0, 0.05) is 5.33 Å². The fourth-order valence-corrected chi connectivity index (χ4v) is 3.04. The van der Waals surface area contributed by atoms with Crippen LogP contribution in [0.25, 0.3) is 0 Å². The quantitative estimate of drug-likeness (QED) is 0.719. The number of rotatable bonds is 4. The highest BCUT2D eigenvalue weighted by Gasteiger charge is 2.08. The summed E-state index contributed by atoms with van der Waals surface area (Å²) in [5.41, 5.74) is 1.45. The van der Waals surface area contributed by atoms with Gasteiger partial charge in [0.25, 0.3) is 0 Å². The molecule has 0 spiro atoms. The van der Waals surface area contributed by atoms with Crippen LogP contribution >= 0.6 is 43.2 Å². The van der Waals surface area contributed by atoms with E-state index in [4.69, 9.17) is 0 Å². The average Bonchev–Trinajstić information content (AvgIpc) is 2.47. The van der Waals surface area contributed by atoms with E-state index < -0.39 is 0 Å². The van der Waals surface area contributed by atoms with Crippen molar-refractivity contribution in [2.24, 2.45) is 5.92 Å². The topological polar surface area (TPSA) is 0 Å². The number of halogens is 2. The van der Waals surface area contributed by atoms with Crippen LogP contribution in [0.15, 0.2) is 15.2 Å². The second kappa shape index (κ2) is 5.40. The van der Waals surface area contributed by atoms with Crippen LogP contribution in [0.4, 0.5) is 0 Å². The largest absolute Gasteiger partial charge is 0.137 e. The van der Waals surface area contributed by atoms with E-state index >= 15 is 0 Å². The molecule has 0 aliphatic rings. The van der Waals surface area contributed by atoms with Crippen LogP contribution < -0.4 is 0 Å². The summed E-state index contributed by atoms with van der Waals surface area (Å²) in [4.78, 5) is 0. The van der Waals surface area contributed by atoms with Crippen LogP contribution in [0, 0.1) is 5.92 Å². The van der Waals surface area contributed by atoms with Crippen molar-refractivity contribution in [2.45, 2.75) is 19.8 Å². The summed E-state index contributed by atoms with van der Waals surface area (Å²) in [6, 6.07) is 2.21. The third kappa shape index (κ3) is 2.86. The summed E-state index contributed by atoms with van der Waals surface area (Å²) in [6.45, 7) is 2.24. The molecule has 1 atom stereocenters. The first kappa shape index (κ1) is 10.7. The lowest BCUT2D eigenvalue weighted by Crippen LogP contribution is -2.03. The molecular formula is C9H12Br2S. The van der Waals surface area contributed by atoms with Gasteiger partial charge in [0.2, 0.25) is 0 Å². The molecule has 68 valence electrons. The van der Waals surface area contributed by atoms with Gasteiger partial charge in [-0.3, -0.25) is 0 Å². The molecular weight excluding hydrogens is 300 g/mol. The minimum absolute atomic E-state index is 0.774. The molecule has 0 nitrogen and oxygen atoms in total. The lowest BCUT2D eigenvalue weighted by molar-refractivity contribution is 0.574.